The van der Waals surface area contributed by atoms with Crippen molar-refractivity contribution >= 4 is 5.78 Å². The van der Waals surface area contributed by atoms with Crippen molar-refractivity contribution in [2.24, 2.45) is 0 Å². The first-order valence-corrected chi connectivity index (χ1v) is 4.36. The summed E-state index contributed by atoms with van der Waals surface area (Å²) >= 11 is 0. The van der Waals surface area contributed by atoms with Crippen LogP contribution < -0.4 is 0 Å². The number of aliphatic hydroxyl groups is 1. The molecule has 0 aliphatic heterocycles. The molecule has 70 valence electrons. The molecule has 13 heavy (non-hydrogen) atoms. The Balaban J connectivity index is 2.79. The van der Waals surface area contributed by atoms with Crippen molar-refractivity contribution in [2.45, 2.75) is 25.9 Å². The van der Waals surface area contributed by atoms with E-state index in [0.29, 0.717) is 0 Å². The lowest BCUT2D eigenvalue weighted by Crippen LogP contribution is -2.23. The van der Waals surface area contributed by atoms with Crippen molar-refractivity contribution in [3.05, 3.63) is 35.9 Å². The largest absolute Gasteiger partial charge is 0.385 e. The number of hydrogen-bond donors (Lipinski definition) is 1. The average molecular weight is 178 g/mol. The first-order valence-electron chi connectivity index (χ1n) is 4.36. The Morgan fingerprint density at radius 1 is 1.31 bits per heavy atom. The van der Waals surface area contributed by atoms with Crippen molar-refractivity contribution in [3.8, 4) is 0 Å². The molecule has 1 aromatic carbocycles. The van der Waals surface area contributed by atoms with Gasteiger partial charge in [0.1, 0.15) is 6.10 Å². The van der Waals surface area contributed by atoms with E-state index in [1.54, 1.807) is 0 Å². The van der Waals surface area contributed by atoms with E-state index >= 15 is 0 Å². The summed E-state index contributed by atoms with van der Waals surface area (Å²) in [7, 11) is 0. The zero-order valence-electron chi connectivity index (χ0n) is 7.90. The molecule has 2 nitrogen and oxygen atoms in total. The second-order valence-electron chi connectivity index (χ2n) is 3.25. The molecule has 0 aliphatic carbocycles. The van der Waals surface area contributed by atoms with Crippen LogP contribution in [0.4, 0.5) is 0 Å². The molecule has 0 spiro atoms. The second-order valence-corrected chi connectivity index (χ2v) is 3.25. The molecular formula is C11H14O2. The van der Waals surface area contributed by atoms with E-state index in [0.717, 1.165) is 5.56 Å². The molecule has 0 heterocycles. The van der Waals surface area contributed by atoms with Gasteiger partial charge in [0.15, 0.2) is 5.78 Å². The molecule has 0 unspecified atom stereocenters. The van der Waals surface area contributed by atoms with Crippen LogP contribution in [0.3, 0.4) is 0 Å². The summed E-state index contributed by atoms with van der Waals surface area (Å²) in [5.74, 6) is -0.310. The van der Waals surface area contributed by atoms with Crippen LogP contribution >= 0.6 is 0 Å². The number of benzene rings is 1. The van der Waals surface area contributed by atoms with Gasteiger partial charge in [-0.25, -0.2) is 0 Å². The van der Waals surface area contributed by atoms with Gasteiger partial charge < -0.3 is 5.11 Å². The Bertz CT molecular complexity index is 279. The molecule has 0 saturated heterocycles. The van der Waals surface area contributed by atoms with Crippen LogP contribution in [0.2, 0.25) is 0 Å². The van der Waals surface area contributed by atoms with Crippen molar-refractivity contribution in [2.75, 3.05) is 0 Å². The number of Topliss-reactive ketones (excluding diaryl/α,β-unsaturated/α-hetero) is 1. The molecule has 0 bridgehead atoms. The highest BCUT2D eigenvalue weighted by Gasteiger charge is 2.19. The van der Waals surface area contributed by atoms with E-state index in [2.05, 4.69) is 0 Å². The Morgan fingerprint density at radius 2 is 1.85 bits per heavy atom. The van der Waals surface area contributed by atoms with Crippen LogP contribution in [0.1, 0.15) is 25.3 Å². The van der Waals surface area contributed by atoms with Crippen LogP contribution in [0.5, 0.6) is 0 Å². The monoisotopic (exact) mass is 178 g/mol. The number of ketones is 1. The van der Waals surface area contributed by atoms with Crippen LogP contribution in [0, 0.1) is 0 Å². The number of rotatable bonds is 3. The molecule has 0 saturated carbocycles. The molecule has 1 rings (SSSR count). The zero-order valence-corrected chi connectivity index (χ0v) is 7.90. The van der Waals surface area contributed by atoms with Gasteiger partial charge in [0.25, 0.3) is 0 Å². The average Bonchev–Trinajstić information content (AvgIpc) is 2.17. The topological polar surface area (TPSA) is 37.3 Å². The number of aliphatic hydroxyl groups excluding tert-OH is 1. The Kier molecular flexibility index (Phi) is 3.20. The number of carbonyl (C=O) groups is 1. The molecule has 2 heteroatoms. The highest BCUT2D eigenvalue weighted by atomic mass is 16.3. The summed E-state index contributed by atoms with van der Waals surface area (Å²) in [5, 5.41) is 9.50. The molecule has 0 aliphatic rings. The third-order valence-corrected chi connectivity index (χ3v) is 2.22. The lowest BCUT2D eigenvalue weighted by molar-refractivity contribution is -0.125. The van der Waals surface area contributed by atoms with Gasteiger partial charge in [-0.05, 0) is 12.5 Å². The Labute approximate surface area is 78.2 Å². The maximum Gasteiger partial charge on any atom is 0.158 e. The van der Waals surface area contributed by atoms with Crippen molar-refractivity contribution in [1.29, 1.82) is 0 Å². The molecule has 1 aromatic rings. The van der Waals surface area contributed by atoms with E-state index in [1.165, 1.54) is 6.92 Å². The quantitative estimate of drug-likeness (QED) is 0.765. The third kappa shape index (κ3) is 2.39. The van der Waals surface area contributed by atoms with Crippen molar-refractivity contribution in [3.63, 3.8) is 0 Å². The molecule has 2 atom stereocenters. The fourth-order valence-electron chi connectivity index (χ4n) is 1.29. The van der Waals surface area contributed by atoms with Crippen LogP contribution in [-0.4, -0.2) is 17.0 Å². The summed E-state index contributed by atoms with van der Waals surface area (Å²) in [6.45, 7) is 3.26. The maximum absolute atomic E-state index is 10.9. The summed E-state index contributed by atoms with van der Waals surface area (Å²) in [6, 6.07) is 9.54. The number of hydrogen-bond acceptors (Lipinski definition) is 2. The number of carbonyl (C=O) groups excluding carboxylic acids is 1. The fourth-order valence-corrected chi connectivity index (χ4v) is 1.29. The first-order chi connectivity index (χ1) is 6.13. The molecule has 0 radical (unpaired) electrons. The predicted octanol–water partition coefficient (Wildman–Crippen LogP) is 1.74. The van der Waals surface area contributed by atoms with Crippen LogP contribution in [0.15, 0.2) is 30.3 Å². The van der Waals surface area contributed by atoms with Gasteiger partial charge in [0.2, 0.25) is 0 Å². The Hall–Kier alpha value is -1.15. The standard InChI is InChI=1S/C11H14O2/c1-8(11(13)9(2)12)10-6-4-3-5-7-10/h3-8,11,13H,1-2H3/t8-,11+/m0/s1. The zero-order chi connectivity index (χ0) is 9.84. The third-order valence-electron chi connectivity index (χ3n) is 2.22. The molecule has 0 aromatic heterocycles. The smallest absolute Gasteiger partial charge is 0.158 e. The lowest BCUT2D eigenvalue weighted by Gasteiger charge is -2.16. The van der Waals surface area contributed by atoms with E-state index < -0.39 is 6.10 Å². The molecular weight excluding hydrogens is 164 g/mol. The van der Waals surface area contributed by atoms with Gasteiger partial charge in [-0.3, -0.25) is 4.79 Å². The minimum Gasteiger partial charge on any atom is -0.385 e. The Morgan fingerprint density at radius 3 is 2.31 bits per heavy atom. The first kappa shape index (κ1) is 9.93. The summed E-state index contributed by atoms with van der Waals surface area (Å²) < 4.78 is 0. The summed E-state index contributed by atoms with van der Waals surface area (Å²) in [4.78, 5) is 10.9. The summed E-state index contributed by atoms with van der Waals surface area (Å²) in [6.07, 6.45) is -0.887. The SMILES string of the molecule is CC(=O)[C@H](O)[C@@H](C)c1ccccc1. The van der Waals surface area contributed by atoms with Gasteiger partial charge >= 0.3 is 0 Å². The highest BCUT2D eigenvalue weighted by molar-refractivity contribution is 5.81. The normalized spacial score (nSPS) is 15.0. The molecule has 0 amide bonds. The van der Waals surface area contributed by atoms with E-state index in [1.807, 2.05) is 37.3 Å². The van der Waals surface area contributed by atoms with Crippen LogP contribution in [0.25, 0.3) is 0 Å². The van der Waals surface area contributed by atoms with Gasteiger partial charge in [-0.2, -0.15) is 0 Å². The van der Waals surface area contributed by atoms with E-state index in [-0.39, 0.29) is 11.7 Å². The van der Waals surface area contributed by atoms with Gasteiger partial charge in [-0.15, -0.1) is 0 Å². The van der Waals surface area contributed by atoms with E-state index in [4.69, 9.17) is 0 Å². The molecule has 1 N–H and O–H groups in total. The minimum atomic E-state index is -0.887. The van der Waals surface area contributed by atoms with Crippen LogP contribution in [-0.2, 0) is 4.79 Å². The fraction of sp³-hybridized carbons (Fsp3) is 0.364. The summed E-state index contributed by atoms with van der Waals surface area (Å²) in [5.41, 5.74) is 0.991. The van der Waals surface area contributed by atoms with Gasteiger partial charge in [0.05, 0.1) is 0 Å². The lowest BCUT2D eigenvalue weighted by atomic mass is 9.93. The second kappa shape index (κ2) is 4.19. The van der Waals surface area contributed by atoms with Gasteiger partial charge in [0, 0.05) is 5.92 Å². The van der Waals surface area contributed by atoms with E-state index in [9.17, 15) is 9.90 Å². The highest BCUT2D eigenvalue weighted by Crippen LogP contribution is 2.18. The molecule has 0 fully saturated rings. The van der Waals surface area contributed by atoms with Gasteiger partial charge in [-0.1, -0.05) is 37.3 Å². The predicted molar refractivity (Wildman–Crippen MR) is 51.5 cm³/mol. The maximum atomic E-state index is 10.9. The van der Waals surface area contributed by atoms with Crippen molar-refractivity contribution in [1.82, 2.24) is 0 Å². The minimum absolute atomic E-state index is 0.126. The van der Waals surface area contributed by atoms with Crippen molar-refractivity contribution < 1.29 is 9.90 Å².